The zero-order valence-corrected chi connectivity index (χ0v) is 18.5. The number of nitrogens with two attached hydrogens (primary N) is 1. The highest BCUT2D eigenvalue weighted by molar-refractivity contribution is 7.89. The lowest BCUT2D eigenvalue weighted by molar-refractivity contribution is -0.141. The summed E-state index contributed by atoms with van der Waals surface area (Å²) in [5.74, 6) is -0.381. The lowest BCUT2D eigenvalue weighted by Gasteiger charge is -2.27. The third kappa shape index (κ3) is 3.65. The molecule has 2 aliphatic carbocycles. The number of nitrogen functional groups attached to an aromatic ring is 1. The summed E-state index contributed by atoms with van der Waals surface area (Å²) in [7, 11) is -3.95. The van der Waals surface area contributed by atoms with Gasteiger partial charge in [0.05, 0.1) is 22.4 Å². The lowest BCUT2D eigenvalue weighted by Crippen LogP contribution is -2.44. The Balaban J connectivity index is 1.57. The van der Waals surface area contributed by atoms with E-state index in [4.69, 9.17) is 5.73 Å². The maximum Gasteiger partial charge on any atom is 0.434 e. The van der Waals surface area contributed by atoms with Crippen LogP contribution in [-0.2, 0) is 16.2 Å². The van der Waals surface area contributed by atoms with Gasteiger partial charge in [-0.15, -0.1) is 0 Å². The second-order valence-corrected chi connectivity index (χ2v) is 10.8. The van der Waals surface area contributed by atoms with Crippen LogP contribution in [0, 0.1) is 6.92 Å². The van der Waals surface area contributed by atoms with Gasteiger partial charge in [-0.2, -0.15) is 13.2 Å². The number of aromatic nitrogens is 3. The lowest BCUT2D eigenvalue weighted by atomic mass is 9.94. The van der Waals surface area contributed by atoms with Crippen LogP contribution in [0.2, 0.25) is 0 Å². The normalized spacial score (nSPS) is 25.2. The number of nitrogens with zero attached hydrogens (tertiary/aromatic N) is 3. The third-order valence-electron chi connectivity index (χ3n) is 6.76. The Morgan fingerprint density at radius 1 is 1.21 bits per heavy atom. The fourth-order valence-electron chi connectivity index (χ4n) is 5.05. The topological polar surface area (TPSA) is 123 Å². The molecule has 0 atom stereocenters. The molecule has 0 saturated heterocycles. The number of sulfonamides is 1. The van der Waals surface area contributed by atoms with Crippen LogP contribution in [0.5, 0.6) is 0 Å². The molecule has 0 spiro atoms. The number of hydrogen-bond donors (Lipinski definition) is 3. The number of benzene rings is 1. The predicted molar refractivity (Wildman–Crippen MR) is 114 cm³/mol. The maximum atomic E-state index is 13.3. The van der Waals surface area contributed by atoms with Crippen LogP contribution in [0.4, 0.5) is 19.0 Å². The van der Waals surface area contributed by atoms with Gasteiger partial charge in [0, 0.05) is 17.3 Å². The van der Waals surface area contributed by atoms with Crippen molar-refractivity contribution < 1.29 is 26.7 Å². The first-order valence-corrected chi connectivity index (χ1v) is 11.9. The summed E-state index contributed by atoms with van der Waals surface area (Å²) < 4.78 is 70.2. The molecule has 2 fully saturated rings. The fraction of sp³-hybridized carbons (Fsp3) is 0.429. The highest BCUT2D eigenvalue weighted by atomic mass is 32.2. The Morgan fingerprint density at radius 3 is 2.52 bits per heavy atom. The number of aryl methyl sites for hydroxylation is 1. The van der Waals surface area contributed by atoms with Gasteiger partial charge >= 0.3 is 6.18 Å². The minimum atomic E-state index is -4.71. The van der Waals surface area contributed by atoms with E-state index in [9.17, 15) is 26.7 Å². The van der Waals surface area contributed by atoms with Crippen molar-refractivity contribution in [2.75, 3.05) is 5.73 Å². The summed E-state index contributed by atoms with van der Waals surface area (Å²) >= 11 is 0. The summed E-state index contributed by atoms with van der Waals surface area (Å²) in [5, 5.41) is 10.4. The van der Waals surface area contributed by atoms with E-state index in [1.54, 1.807) is 13.0 Å². The van der Waals surface area contributed by atoms with E-state index in [-0.39, 0.29) is 22.1 Å². The summed E-state index contributed by atoms with van der Waals surface area (Å²) in [6, 6.07) is 4.46. The van der Waals surface area contributed by atoms with Gasteiger partial charge in [-0.05, 0) is 56.7 Å². The molecule has 12 heteroatoms. The Labute approximate surface area is 187 Å². The Bertz CT molecular complexity index is 1380. The van der Waals surface area contributed by atoms with Gasteiger partial charge in [0.1, 0.15) is 0 Å². The molecule has 2 aliphatic rings. The van der Waals surface area contributed by atoms with Crippen molar-refractivity contribution in [3.8, 4) is 11.3 Å². The van der Waals surface area contributed by atoms with Crippen molar-refractivity contribution in [2.24, 2.45) is 0 Å². The number of rotatable bonds is 4. The van der Waals surface area contributed by atoms with Crippen LogP contribution < -0.4 is 10.5 Å². The number of aliphatic hydroxyl groups is 1. The van der Waals surface area contributed by atoms with Gasteiger partial charge in [0.25, 0.3) is 0 Å². The molecule has 0 aliphatic heterocycles. The Kier molecular flexibility index (Phi) is 4.63. The van der Waals surface area contributed by atoms with E-state index in [0.717, 1.165) is 6.20 Å². The van der Waals surface area contributed by atoms with Crippen LogP contribution in [0.3, 0.4) is 0 Å². The molecule has 4 N–H and O–H groups in total. The van der Waals surface area contributed by atoms with Crippen LogP contribution in [0.15, 0.2) is 35.5 Å². The molecule has 2 heterocycles. The SMILES string of the molecule is Cc1ccc(S(=O)(=O)NC23CCC(O)(CC2)C3)cc1-c1cnc2c(N)nc(C(F)(F)F)cn12. The van der Waals surface area contributed by atoms with E-state index in [1.165, 1.54) is 22.7 Å². The van der Waals surface area contributed by atoms with E-state index in [1.807, 2.05) is 0 Å². The van der Waals surface area contributed by atoms with Gasteiger partial charge in [0.2, 0.25) is 10.0 Å². The number of fused-ring (bicyclic) bond motifs is 3. The summed E-state index contributed by atoms with van der Waals surface area (Å²) in [4.78, 5) is 7.45. The number of nitrogens with one attached hydrogen (secondary N) is 1. The molecule has 2 saturated carbocycles. The molecule has 0 amide bonds. The minimum Gasteiger partial charge on any atom is -0.390 e. The number of hydrogen-bond acceptors (Lipinski definition) is 6. The average molecular weight is 482 g/mol. The molecule has 33 heavy (non-hydrogen) atoms. The van der Waals surface area contributed by atoms with Crippen LogP contribution in [-0.4, -0.2) is 39.0 Å². The first kappa shape index (κ1) is 22.1. The fourth-order valence-corrected chi connectivity index (χ4v) is 6.54. The smallest absolute Gasteiger partial charge is 0.390 e. The molecule has 5 rings (SSSR count). The first-order valence-electron chi connectivity index (χ1n) is 10.4. The van der Waals surface area contributed by atoms with Gasteiger partial charge in [0.15, 0.2) is 17.2 Å². The molecule has 0 radical (unpaired) electrons. The van der Waals surface area contributed by atoms with E-state index >= 15 is 0 Å². The maximum absolute atomic E-state index is 13.3. The number of halogens is 3. The van der Waals surface area contributed by atoms with Crippen molar-refractivity contribution in [1.29, 1.82) is 0 Å². The summed E-state index contributed by atoms with van der Waals surface area (Å²) in [5.41, 5.74) is 4.37. The standard InChI is InChI=1S/C21H22F3N5O3S/c1-12-2-3-13(33(31,32)28-19-4-6-20(30,11-19)7-5-19)8-14(12)15-9-26-18-17(25)27-16(10-29(15)18)21(22,23)24/h2-3,8-10,28,30H,4-7,11H2,1H3,(H2,25,27). The minimum absolute atomic E-state index is 0.0205. The largest absolute Gasteiger partial charge is 0.434 e. The first-order chi connectivity index (χ1) is 15.3. The monoisotopic (exact) mass is 481 g/mol. The number of alkyl halides is 3. The quantitative estimate of drug-likeness (QED) is 0.527. The molecule has 0 unspecified atom stereocenters. The molecule has 176 valence electrons. The zero-order chi connectivity index (χ0) is 23.8. The third-order valence-corrected chi connectivity index (χ3v) is 8.34. The van der Waals surface area contributed by atoms with E-state index < -0.39 is 33.0 Å². The van der Waals surface area contributed by atoms with Crippen molar-refractivity contribution in [3.05, 3.63) is 41.9 Å². The van der Waals surface area contributed by atoms with Crippen molar-refractivity contribution >= 4 is 21.5 Å². The van der Waals surface area contributed by atoms with E-state index in [0.29, 0.717) is 43.2 Å². The van der Waals surface area contributed by atoms with Crippen LogP contribution in [0.1, 0.15) is 43.4 Å². The van der Waals surface area contributed by atoms with Gasteiger partial charge in [-0.25, -0.2) is 23.1 Å². The zero-order valence-electron chi connectivity index (χ0n) is 17.6. The molecule has 2 bridgehead atoms. The summed E-state index contributed by atoms with van der Waals surface area (Å²) in [6.45, 7) is 1.72. The van der Waals surface area contributed by atoms with Crippen molar-refractivity contribution in [3.63, 3.8) is 0 Å². The number of anilines is 1. The Hall–Kier alpha value is -2.70. The molecular formula is C21H22F3N5O3S. The second-order valence-electron chi connectivity index (χ2n) is 9.11. The van der Waals surface area contributed by atoms with Crippen LogP contribution in [0.25, 0.3) is 16.9 Å². The second kappa shape index (κ2) is 6.90. The molecule has 8 nitrogen and oxygen atoms in total. The van der Waals surface area contributed by atoms with E-state index in [2.05, 4.69) is 14.7 Å². The number of imidazole rings is 1. The van der Waals surface area contributed by atoms with Gasteiger partial charge in [-0.1, -0.05) is 6.07 Å². The van der Waals surface area contributed by atoms with Gasteiger partial charge in [-0.3, -0.25) is 4.40 Å². The van der Waals surface area contributed by atoms with Gasteiger partial charge < -0.3 is 10.8 Å². The predicted octanol–water partition coefficient (Wildman–Crippen LogP) is 3.03. The average Bonchev–Trinajstić information content (AvgIpc) is 3.37. The van der Waals surface area contributed by atoms with Crippen molar-refractivity contribution in [1.82, 2.24) is 19.1 Å². The molecule has 2 aromatic heterocycles. The highest BCUT2D eigenvalue weighted by Crippen LogP contribution is 2.51. The Morgan fingerprint density at radius 2 is 1.91 bits per heavy atom. The molecular weight excluding hydrogens is 459 g/mol. The molecule has 3 aromatic rings. The highest BCUT2D eigenvalue weighted by Gasteiger charge is 2.55. The van der Waals surface area contributed by atoms with Crippen molar-refractivity contribution in [2.45, 2.75) is 61.2 Å². The summed E-state index contributed by atoms with van der Waals surface area (Å²) in [6.07, 6.45) is 0.00897. The molecule has 1 aromatic carbocycles. The van der Waals surface area contributed by atoms with Crippen LogP contribution >= 0.6 is 0 Å².